The molecule has 0 spiro atoms. The molecule has 0 radical (unpaired) electrons. The van der Waals surface area contributed by atoms with Crippen LogP contribution in [-0.2, 0) is 0 Å². The van der Waals surface area contributed by atoms with E-state index in [-0.39, 0.29) is 11.7 Å². The van der Waals surface area contributed by atoms with E-state index in [2.05, 4.69) is 22.4 Å². The van der Waals surface area contributed by atoms with Crippen molar-refractivity contribution >= 4 is 11.8 Å². The van der Waals surface area contributed by atoms with Crippen molar-refractivity contribution < 1.29 is 8.91 Å². The predicted molar refractivity (Wildman–Crippen MR) is 82.0 cm³/mol. The molecule has 1 aromatic heterocycles. The van der Waals surface area contributed by atoms with E-state index >= 15 is 0 Å². The Morgan fingerprint density at radius 2 is 2.29 bits per heavy atom. The van der Waals surface area contributed by atoms with Crippen LogP contribution in [0.5, 0.6) is 0 Å². The maximum atomic E-state index is 13.4. The Bertz CT molecular complexity index is 631. The number of benzene rings is 1. The van der Waals surface area contributed by atoms with Crippen molar-refractivity contribution in [2.24, 2.45) is 0 Å². The zero-order valence-electron chi connectivity index (χ0n) is 12.1. The fourth-order valence-corrected chi connectivity index (χ4v) is 3.96. The maximum absolute atomic E-state index is 13.4. The fourth-order valence-electron chi connectivity index (χ4n) is 2.59. The minimum atomic E-state index is -0.288. The average Bonchev–Trinajstić information content (AvgIpc) is 3.10. The molecule has 2 heterocycles. The van der Waals surface area contributed by atoms with E-state index in [1.54, 1.807) is 6.07 Å². The van der Waals surface area contributed by atoms with Crippen LogP contribution >= 0.6 is 11.8 Å². The molecule has 1 fully saturated rings. The van der Waals surface area contributed by atoms with Gasteiger partial charge in [0.05, 0.1) is 5.92 Å². The third-order valence-corrected chi connectivity index (χ3v) is 4.94. The third kappa shape index (κ3) is 2.96. The minimum absolute atomic E-state index is 0.227. The molecule has 21 heavy (non-hydrogen) atoms. The lowest BCUT2D eigenvalue weighted by Crippen LogP contribution is -2.34. The Morgan fingerprint density at radius 3 is 3.10 bits per heavy atom. The first-order valence-corrected chi connectivity index (χ1v) is 8.25. The van der Waals surface area contributed by atoms with Gasteiger partial charge in [0.15, 0.2) is 0 Å². The van der Waals surface area contributed by atoms with Gasteiger partial charge in [-0.05, 0) is 31.2 Å². The second-order valence-corrected chi connectivity index (χ2v) is 6.30. The zero-order valence-corrected chi connectivity index (χ0v) is 12.9. The Labute approximate surface area is 127 Å². The molecule has 1 saturated heterocycles. The SMILES string of the molecule is CCNC1CSCC1c1nc(-c2cc(F)ccc2C)no1. The van der Waals surface area contributed by atoms with Gasteiger partial charge in [-0.25, -0.2) is 4.39 Å². The number of halogens is 1. The first kappa shape index (κ1) is 14.5. The number of likely N-dealkylation sites (N-methyl/N-ethyl adjacent to an activating group) is 1. The van der Waals surface area contributed by atoms with E-state index in [4.69, 9.17) is 4.52 Å². The van der Waals surface area contributed by atoms with Crippen molar-refractivity contribution in [3.63, 3.8) is 0 Å². The van der Waals surface area contributed by atoms with Crippen LogP contribution in [-0.4, -0.2) is 34.2 Å². The van der Waals surface area contributed by atoms with Crippen molar-refractivity contribution in [1.82, 2.24) is 15.5 Å². The summed E-state index contributed by atoms with van der Waals surface area (Å²) in [4.78, 5) is 4.50. The summed E-state index contributed by atoms with van der Waals surface area (Å²) in [5, 5.41) is 7.49. The van der Waals surface area contributed by atoms with Gasteiger partial charge in [-0.3, -0.25) is 0 Å². The summed E-state index contributed by atoms with van der Waals surface area (Å²) >= 11 is 1.89. The van der Waals surface area contributed by atoms with E-state index in [1.165, 1.54) is 12.1 Å². The molecule has 0 saturated carbocycles. The average molecular weight is 307 g/mol. The molecule has 1 N–H and O–H groups in total. The number of aromatic nitrogens is 2. The topological polar surface area (TPSA) is 51.0 Å². The minimum Gasteiger partial charge on any atom is -0.339 e. The maximum Gasteiger partial charge on any atom is 0.232 e. The van der Waals surface area contributed by atoms with Gasteiger partial charge in [0.2, 0.25) is 11.7 Å². The second-order valence-electron chi connectivity index (χ2n) is 5.22. The molecule has 1 aromatic carbocycles. The van der Waals surface area contributed by atoms with Crippen LogP contribution in [0.3, 0.4) is 0 Å². The number of nitrogens with one attached hydrogen (secondary N) is 1. The molecule has 112 valence electrons. The van der Waals surface area contributed by atoms with Crippen molar-refractivity contribution in [3.8, 4) is 11.4 Å². The fraction of sp³-hybridized carbons (Fsp3) is 0.467. The number of thioether (sulfide) groups is 1. The molecule has 0 bridgehead atoms. The van der Waals surface area contributed by atoms with Crippen LogP contribution in [0.15, 0.2) is 22.7 Å². The third-order valence-electron chi connectivity index (χ3n) is 3.75. The number of rotatable bonds is 4. The number of hydrogen-bond donors (Lipinski definition) is 1. The standard InChI is InChI=1S/C15H18FN3OS/c1-3-17-13-8-21-7-12(13)15-18-14(19-20-15)11-6-10(16)5-4-9(11)2/h4-6,12-13,17H,3,7-8H2,1-2H3. The molecule has 1 aliphatic heterocycles. The highest BCUT2D eigenvalue weighted by Gasteiger charge is 2.33. The molecule has 3 rings (SSSR count). The second kappa shape index (κ2) is 6.15. The quantitative estimate of drug-likeness (QED) is 0.941. The first-order valence-electron chi connectivity index (χ1n) is 7.10. The summed E-state index contributed by atoms with van der Waals surface area (Å²) in [5.41, 5.74) is 1.63. The summed E-state index contributed by atoms with van der Waals surface area (Å²) in [6.07, 6.45) is 0. The largest absolute Gasteiger partial charge is 0.339 e. The highest BCUT2D eigenvalue weighted by Crippen LogP contribution is 2.33. The Hall–Kier alpha value is -1.40. The first-order chi connectivity index (χ1) is 10.2. The van der Waals surface area contributed by atoms with E-state index in [0.29, 0.717) is 23.3 Å². The van der Waals surface area contributed by atoms with E-state index < -0.39 is 0 Å². The summed E-state index contributed by atoms with van der Waals surface area (Å²) in [6, 6.07) is 4.99. The van der Waals surface area contributed by atoms with Crippen LogP contribution in [0.4, 0.5) is 4.39 Å². The van der Waals surface area contributed by atoms with Gasteiger partial charge in [0.25, 0.3) is 0 Å². The molecule has 4 nitrogen and oxygen atoms in total. The van der Waals surface area contributed by atoms with Crippen molar-refractivity contribution in [2.75, 3.05) is 18.1 Å². The summed E-state index contributed by atoms with van der Waals surface area (Å²) < 4.78 is 18.8. The lowest BCUT2D eigenvalue weighted by molar-refractivity contribution is 0.340. The van der Waals surface area contributed by atoms with E-state index in [1.807, 2.05) is 18.7 Å². The van der Waals surface area contributed by atoms with E-state index in [9.17, 15) is 4.39 Å². The Balaban J connectivity index is 1.88. The summed E-state index contributed by atoms with van der Waals surface area (Å²) in [7, 11) is 0. The summed E-state index contributed by atoms with van der Waals surface area (Å²) in [5.74, 6) is 3.07. The Morgan fingerprint density at radius 1 is 1.43 bits per heavy atom. The predicted octanol–water partition coefficient (Wildman–Crippen LogP) is 2.99. The lowest BCUT2D eigenvalue weighted by Gasteiger charge is -2.15. The molecular weight excluding hydrogens is 289 g/mol. The lowest BCUT2D eigenvalue weighted by atomic mass is 10.0. The van der Waals surface area contributed by atoms with Gasteiger partial charge < -0.3 is 9.84 Å². The van der Waals surface area contributed by atoms with Crippen molar-refractivity contribution in [1.29, 1.82) is 0 Å². The van der Waals surface area contributed by atoms with Crippen LogP contribution in [0.25, 0.3) is 11.4 Å². The van der Waals surface area contributed by atoms with Crippen LogP contribution in [0.2, 0.25) is 0 Å². The highest BCUT2D eigenvalue weighted by atomic mass is 32.2. The van der Waals surface area contributed by atoms with Gasteiger partial charge in [-0.2, -0.15) is 16.7 Å². The zero-order chi connectivity index (χ0) is 14.8. The van der Waals surface area contributed by atoms with Crippen LogP contribution in [0, 0.1) is 12.7 Å². The normalized spacial score (nSPS) is 21.9. The number of aryl methyl sites for hydroxylation is 1. The molecule has 0 amide bonds. The molecule has 2 atom stereocenters. The summed E-state index contributed by atoms with van der Waals surface area (Å²) in [6.45, 7) is 4.93. The number of nitrogens with zero attached hydrogens (tertiary/aromatic N) is 2. The molecule has 0 aliphatic carbocycles. The van der Waals surface area contributed by atoms with Gasteiger partial charge in [0.1, 0.15) is 5.82 Å². The van der Waals surface area contributed by atoms with Crippen LogP contribution < -0.4 is 5.32 Å². The Kier molecular flexibility index (Phi) is 4.26. The molecule has 2 aromatic rings. The van der Waals surface area contributed by atoms with Gasteiger partial charge in [-0.15, -0.1) is 0 Å². The molecular formula is C15H18FN3OS. The molecule has 6 heteroatoms. The van der Waals surface area contributed by atoms with Crippen LogP contribution in [0.1, 0.15) is 24.3 Å². The van der Waals surface area contributed by atoms with E-state index in [0.717, 1.165) is 23.6 Å². The molecule has 1 aliphatic rings. The highest BCUT2D eigenvalue weighted by molar-refractivity contribution is 7.99. The molecule has 2 unspecified atom stereocenters. The van der Waals surface area contributed by atoms with Gasteiger partial charge >= 0.3 is 0 Å². The van der Waals surface area contributed by atoms with Gasteiger partial charge in [0, 0.05) is 23.1 Å². The van der Waals surface area contributed by atoms with Crippen molar-refractivity contribution in [2.45, 2.75) is 25.8 Å². The monoisotopic (exact) mass is 307 g/mol. The smallest absolute Gasteiger partial charge is 0.232 e. The van der Waals surface area contributed by atoms with Crippen molar-refractivity contribution in [3.05, 3.63) is 35.5 Å². The van der Waals surface area contributed by atoms with Gasteiger partial charge in [-0.1, -0.05) is 18.1 Å². The number of hydrogen-bond acceptors (Lipinski definition) is 5.